The van der Waals surface area contributed by atoms with Crippen molar-refractivity contribution in [1.29, 1.82) is 0 Å². The minimum Gasteiger partial charge on any atom is -0.490 e. The number of Topliss-reactive ketones (excluding diaryl/α,β-unsaturated/α-hetero) is 4. The Labute approximate surface area is 336 Å². The lowest BCUT2D eigenvalue weighted by atomic mass is 9.69. The molecule has 0 aromatic heterocycles. The highest BCUT2D eigenvalue weighted by atomic mass is 16.5. The molecule has 5 aliphatic rings. The molecule has 2 aromatic carbocycles. The smallest absolute Gasteiger partial charge is 0.140 e. The predicted molar refractivity (Wildman–Crippen MR) is 226 cm³/mol. The maximum Gasteiger partial charge on any atom is 0.140 e. The zero-order valence-electron chi connectivity index (χ0n) is 35.5. The van der Waals surface area contributed by atoms with Gasteiger partial charge in [0.15, 0.2) is 0 Å². The molecule has 0 saturated heterocycles. The summed E-state index contributed by atoms with van der Waals surface area (Å²) in [6, 6.07) is 8.82. The molecular weight excluding hydrogens is 693 g/mol. The number of ether oxygens (including phenoxy) is 1. The van der Waals surface area contributed by atoms with Crippen LogP contribution in [0.1, 0.15) is 136 Å². The normalized spacial score (nSPS) is 29.8. The number of carbonyl (C=O) groups excluding carboxylic acids is 4. The van der Waals surface area contributed by atoms with E-state index in [9.17, 15) is 19.2 Å². The van der Waals surface area contributed by atoms with E-state index in [1.165, 1.54) is 34.1 Å². The molecule has 4 saturated carbocycles. The molecule has 8 unspecified atom stereocenters. The maximum atomic E-state index is 15.0. The molecule has 56 heavy (non-hydrogen) atoms. The van der Waals surface area contributed by atoms with Gasteiger partial charge >= 0.3 is 0 Å². The Bertz CT molecular complexity index is 1980. The van der Waals surface area contributed by atoms with Crippen LogP contribution >= 0.6 is 0 Å². The number of aryl methyl sites for hydroxylation is 2. The van der Waals surface area contributed by atoms with E-state index in [0.717, 1.165) is 60.6 Å². The van der Waals surface area contributed by atoms with Crippen LogP contribution in [-0.4, -0.2) is 29.2 Å². The van der Waals surface area contributed by atoms with Gasteiger partial charge in [-0.3, -0.25) is 19.2 Å². The molecule has 7 rings (SSSR count). The van der Waals surface area contributed by atoms with Crippen LogP contribution in [0.5, 0.6) is 5.75 Å². The van der Waals surface area contributed by atoms with Crippen molar-refractivity contribution < 1.29 is 23.9 Å². The molecule has 5 nitrogen and oxygen atoms in total. The van der Waals surface area contributed by atoms with Crippen molar-refractivity contribution in [2.24, 2.45) is 58.2 Å². The standard InChI is InChI=1S/C51H66O5/c1-10-34-14-15-42-43(30(34)5)22-38(35-13-12-32(17-35)16-29(3)4)23-48(42)56-41-25-44(47(54)28-51(31(6)52)27-39(51)11-2)45(26-41)49(55)46(50(7,8)9)24-40(53)20-33-18-36-21-37(36)19-33/h11,13-15,17,22-23,29,33,36-37,39,41,44-46H,2,10,12,16,18-21,24-28H2,1,3-9H3. The van der Waals surface area contributed by atoms with Gasteiger partial charge in [-0.2, -0.15) is 0 Å². The first-order valence-corrected chi connectivity index (χ1v) is 21.9. The van der Waals surface area contributed by atoms with Gasteiger partial charge < -0.3 is 4.74 Å². The number of benzene rings is 2. The third-order valence-corrected chi connectivity index (χ3v) is 14.7. The maximum absolute atomic E-state index is 15.0. The van der Waals surface area contributed by atoms with Crippen LogP contribution in [0.4, 0.5) is 0 Å². The number of allylic oxidation sites excluding steroid dienone is 5. The van der Waals surface area contributed by atoms with Gasteiger partial charge in [0, 0.05) is 47.8 Å². The largest absolute Gasteiger partial charge is 0.490 e. The molecule has 0 spiro atoms. The first kappa shape index (κ1) is 40.6. The summed E-state index contributed by atoms with van der Waals surface area (Å²) in [5.74, 6) is 1.97. The first-order chi connectivity index (χ1) is 26.5. The van der Waals surface area contributed by atoms with Crippen LogP contribution in [0.25, 0.3) is 16.3 Å². The molecule has 4 fully saturated rings. The van der Waals surface area contributed by atoms with Gasteiger partial charge in [0.1, 0.15) is 35.0 Å². The monoisotopic (exact) mass is 758 g/mol. The van der Waals surface area contributed by atoms with Gasteiger partial charge in [-0.1, -0.05) is 77.5 Å². The Morgan fingerprint density at radius 2 is 1.70 bits per heavy atom. The van der Waals surface area contributed by atoms with Crippen molar-refractivity contribution >= 4 is 39.5 Å². The molecule has 0 aliphatic heterocycles. The van der Waals surface area contributed by atoms with Crippen molar-refractivity contribution in [2.75, 3.05) is 0 Å². The van der Waals surface area contributed by atoms with Crippen LogP contribution < -0.4 is 4.74 Å². The van der Waals surface area contributed by atoms with E-state index in [1.54, 1.807) is 13.0 Å². The second kappa shape index (κ2) is 15.6. The van der Waals surface area contributed by atoms with E-state index in [4.69, 9.17) is 4.74 Å². The predicted octanol–water partition coefficient (Wildman–Crippen LogP) is 11.6. The number of carbonyl (C=O) groups is 4. The SMILES string of the molecule is C=CC1CC1(CC(=O)C1CC(Oc2cc(C3=CCC(CC(C)C)=C3)cc3c(C)c(CC)ccc23)CC1C(=O)C(CC(=O)CC1CC2CC2C1)C(C)(C)C)C(C)=O. The highest BCUT2D eigenvalue weighted by Gasteiger charge is 2.59. The van der Waals surface area contributed by atoms with Crippen molar-refractivity contribution in [2.45, 2.75) is 139 Å². The third kappa shape index (κ3) is 8.21. The van der Waals surface area contributed by atoms with E-state index >= 15 is 0 Å². The average molecular weight is 759 g/mol. The van der Waals surface area contributed by atoms with Gasteiger partial charge in [-0.05, 0) is 146 Å². The number of hydrogen-bond donors (Lipinski definition) is 0. The highest BCUT2D eigenvalue weighted by Crippen LogP contribution is 2.58. The Hall–Kier alpha value is -3.60. The summed E-state index contributed by atoms with van der Waals surface area (Å²) in [6.07, 6.45) is 15.0. The molecule has 300 valence electrons. The highest BCUT2D eigenvalue weighted by molar-refractivity contribution is 5.98. The van der Waals surface area contributed by atoms with Crippen LogP contribution in [0.15, 0.2) is 54.6 Å². The minimum absolute atomic E-state index is 0.0125. The number of rotatable bonds is 17. The van der Waals surface area contributed by atoms with Crippen molar-refractivity contribution in [3.63, 3.8) is 0 Å². The number of fused-ring (bicyclic) bond motifs is 2. The van der Waals surface area contributed by atoms with E-state index in [0.29, 0.717) is 37.5 Å². The Morgan fingerprint density at radius 1 is 0.982 bits per heavy atom. The minimum atomic E-state index is -0.719. The van der Waals surface area contributed by atoms with Gasteiger partial charge in [-0.25, -0.2) is 0 Å². The summed E-state index contributed by atoms with van der Waals surface area (Å²) in [6.45, 7) is 20.6. The Balaban J connectivity index is 1.20. The van der Waals surface area contributed by atoms with Crippen molar-refractivity contribution in [3.8, 4) is 5.75 Å². The molecule has 2 aromatic rings. The van der Waals surface area contributed by atoms with Crippen molar-refractivity contribution in [3.05, 3.63) is 71.3 Å². The summed E-state index contributed by atoms with van der Waals surface area (Å²) in [5, 5.41) is 2.20. The van der Waals surface area contributed by atoms with Gasteiger partial charge in [0.05, 0.1) is 0 Å². The van der Waals surface area contributed by atoms with Gasteiger partial charge in [0.2, 0.25) is 0 Å². The molecule has 0 bridgehead atoms. The van der Waals surface area contributed by atoms with Gasteiger partial charge in [0.25, 0.3) is 0 Å². The summed E-state index contributed by atoms with van der Waals surface area (Å²) in [5.41, 5.74) is 5.17. The molecule has 8 atom stereocenters. The number of ketones is 4. The zero-order chi connectivity index (χ0) is 40.3. The molecular formula is C51H66O5. The fourth-order valence-electron chi connectivity index (χ4n) is 11.2. The molecule has 5 heteroatoms. The lowest BCUT2D eigenvalue weighted by molar-refractivity contribution is -0.139. The number of hydrogen-bond acceptors (Lipinski definition) is 5. The molecule has 5 aliphatic carbocycles. The van der Waals surface area contributed by atoms with E-state index in [-0.39, 0.29) is 48.0 Å². The second-order valence-electron chi connectivity index (χ2n) is 20.2. The second-order valence-corrected chi connectivity index (χ2v) is 20.2. The average Bonchev–Trinajstić information content (AvgIpc) is 3.80. The fourth-order valence-corrected chi connectivity index (χ4v) is 11.2. The van der Waals surface area contributed by atoms with Crippen molar-refractivity contribution in [1.82, 2.24) is 0 Å². The molecule has 0 N–H and O–H groups in total. The molecule has 0 amide bonds. The van der Waals surface area contributed by atoms with E-state index in [2.05, 4.69) is 91.5 Å². The lowest BCUT2D eigenvalue weighted by Crippen LogP contribution is -2.38. The Morgan fingerprint density at radius 3 is 2.32 bits per heavy atom. The first-order valence-electron chi connectivity index (χ1n) is 21.9. The van der Waals surface area contributed by atoms with Crippen LogP contribution in [0.2, 0.25) is 0 Å². The molecule has 0 radical (unpaired) electrons. The van der Waals surface area contributed by atoms with Crippen LogP contribution in [-0.2, 0) is 25.6 Å². The zero-order valence-corrected chi connectivity index (χ0v) is 35.5. The lowest BCUT2D eigenvalue weighted by Gasteiger charge is -2.33. The van der Waals surface area contributed by atoms with Crippen LogP contribution in [0, 0.1) is 65.1 Å². The quantitative estimate of drug-likeness (QED) is 0.150. The summed E-state index contributed by atoms with van der Waals surface area (Å²) in [7, 11) is 0. The summed E-state index contributed by atoms with van der Waals surface area (Å²) < 4.78 is 7.05. The Kier molecular flexibility index (Phi) is 11.3. The third-order valence-electron chi connectivity index (χ3n) is 14.7. The summed E-state index contributed by atoms with van der Waals surface area (Å²) in [4.78, 5) is 56.1. The van der Waals surface area contributed by atoms with Gasteiger partial charge in [-0.15, -0.1) is 6.58 Å². The van der Waals surface area contributed by atoms with Crippen LogP contribution in [0.3, 0.4) is 0 Å². The van der Waals surface area contributed by atoms with E-state index < -0.39 is 28.6 Å². The fraction of sp³-hybridized carbons (Fsp3) is 0.608. The topological polar surface area (TPSA) is 77.5 Å². The molecule has 0 heterocycles. The summed E-state index contributed by atoms with van der Waals surface area (Å²) >= 11 is 0. The van der Waals surface area contributed by atoms with E-state index in [1.807, 2.05) is 0 Å².